The third-order valence-corrected chi connectivity index (χ3v) is 3.29. The van der Waals surface area contributed by atoms with Crippen molar-refractivity contribution in [2.45, 2.75) is 20.0 Å². The van der Waals surface area contributed by atoms with Crippen LogP contribution in [0.3, 0.4) is 0 Å². The minimum atomic E-state index is -0.329. The van der Waals surface area contributed by atoms with Crippen LogP contribution in [-0.4, -0.2) is 25.5 Å². The Morgan fingerprint density at radius 1 is 1.26 bits per heavy atom. The molecule has 0 amide bonds. The fraction of sp³-hybridized carbons (Fsp3) is 0.235. The highest BCUT2D eigenvalue weighted by molar-refractivity contribution is 6.32. The Balaban J connectivity index is 2.23. The van der Waals surface area contributed by atoms with Gasteiger partial charge in [-0.05, 0) is 36.8 Å². The summed E-state index contributed by atoms with van der Waals surface area (Å²) in [4.78, 5) is 11.6. The molecule has 0 atom stereocenters. The number of aliphatic hydroxyl groups excluding tert-OH is 1. The van der Waals surface area contributed by atoms with Gasteiger partial charge in [0, 0.05) is 10.6 Å². The molecule has 4 nitrogen and oxygen atoms in total. The van der Waals surface area contributed by atoms with Crippen molar-refractivity contribution in [3.8, 4) is 11.5 Å². The summed E-state index contributed by atoms with van der Waals surface area (Å²) in [5, 5.41) is 9.83. The fourth-order valence-corrected chi connectivity index (χ4v) is 2.36. The molecule has 0 aliphatic heterocycles. The lowest BCUT2D eigenvalue weighted by Gasteiger charge is -2.12. The Bertz CT molecular complexity index is 703. The lowest BCUT2D eigenvalue weighted by Crippen LogP contribution is -2.07. The maximum atomic E-state index is 11.6. The normalized spacial score (nSPS) is 10.4. The van der Waals surface area contributed by atoms with Crippen molar-refractivity contribution < 1.29 is 19.4 Å². The number of carbonyl (C=O) groups excluding carboxylic acids is 1. The van der Waals surface area contributed by atoms with Crippen LogP contribution in [0.15, 0.2) is 36.4 Å². The van der Waals surface area contributed by atoms with E-state index in [0.29, 0.717) is 39.7 Å². The molecule has 0 aliphatic rings. The summed E-state index contributed by atoms with van der Waals surface area (Å²) < 4.78 is 10.7. The Hall–Kier alpha value is -1.98. The molecular formula is C17H16BClO4. The number of ether oxygens (including phenoxy) is 2. The zero-order valence-electron chi connectivity index (χ0n) is 12.7. The van der Waals surface area contributed by atoms with Crippen LogP contribution in [-0.2, 0) is 22.6 Å². The molecule has 0 aliphatic carbocycles. The van der Waals surface area contributed by atoms with Gasteiger partial charge < -0.3 is 14.6 Å². The van der Waals surface area contributed by atoms with Gasteiger partial charge in [0.25, 0.3) is 0 Å². The summed E-state index contributed by atoms with van der Waals surface area (Å²) in [6, 6.07) is 10.0. The van der Waals surface area contributed by atoms with Crippen LogP contribution >= 0.6 is 11.6 Å². The first-order chi connectivity index (χ1) is 11.0. The van der Waals surface area contributed by atoms with Crippen LogP contribution in [0.1, 0.15) is 18.1 Å². The van der Waals surface area contributed by atoms with Crippen LogP contribution in [0.2, 0.25) is 5.02 Å². The highest BCUT2D eigenvalue weighted by Gasteiger charge is 2.09. The maximum absolute atomic E-state index is 11.6. The molecule has 1 N–H and O–H groups in total. The van der Waals surface area contributed by atoms with E-state index in [-0.39, 0.29) is 19.0 Å². The first-order valence-electron chi connectivity index (χ1n) is 7.14. The van der Waals surface area contributed by atoms with Crippen molar-refractivity contribution in [1.82, 2.24) is 0 Å². The van der Waals surface area contributed by atoms with E-state index in [0.717, 1.165) is 0 Å². The van der Waals surface area contributed by atoms with Gasteiger partial charge >= 0.3 is 5.97 Å². The number of rotatable bonds is 6. The highest BCUT2D eigenvalue weighted by Crippen LogP contribution is 2.28. The van der Waals surface area contributed by atoms with Crippen LogP contribution in [0.5, 0.6) is 11.5 Å². The van der Waals surface area contributed by atoms with Crippen molar-refractivity contribution in [3.63, 3.8) is 0 Å². The quantitative estimate of drug-likeness (QED) is 0.653. The largest absolute Gasteiger partial charge is 0.466 e. The van der Waals surface area contributed by atoms with Gasteiger partial charge in [-0.1, -0.05) is 29.2 Å². The van der Waals surface area contributed by atoms with Crippen LogP contribution in [0, 0.1) is 0 Å². The number of carbonyl (C=O) groups is 1. The summed E-state index contributed by atoms with van der Waals surface area (Å²) in [6.07, 6.45) is 0.110. The van der Waals surface area contributed by atoms with Crippen molar-refractivity contribution in [2.75, 3.05) is 6.61 Å². The van der Waals surface area contributed by atoms with Gasteiger partial charge in [-0.3, -0.25) is 4.79 Å². The van der Waals surface area contributed by atoms with E-state index in [4.69, 9.17) is 28.9 Å². The predicted molar refractivity (Wildman–Crippen MR) is 89.6 cm³/mol. The SMILES string of the molecule is [B]c1ccc(Oc2cc(Cl)cc(CC(=O)OCC)c2)c(CO)c1. The van der Waals surface area contributed by atoms with E-state index in [1.807, 2.05) is 0 Å². The van der Waals surface area contributed by atoms with Gasteiger partial charge in [-0.15, -0.1) is 0 Å². The molecule has 2 radical (unpaired) electrons. The van der Waals surface area contributed by atoms with E-state index in [2.05, 4.69) is 0 Å². The smallest absolute Gasteiger partial charge is 0.310 e. The standard InChI is InChI=1S/C17H16BClO4/c1-2-22-17(21)7-11-5-14(19)9-15(6-11)23-16-4-3-13(18)8-12(16)10-20/h3-6,8-9,20H,2,7,10H2,1H3. The van der Waals surface area contributed by atoms with E-state index < -0.39 is 0 Å². The zero-order valence-corrected chi connectivity index (χ0v) is 13.5. The van der Waals surface area contributed by atoms with Gasteiger partial charge in [0.2, 0.25) is 0 Å². The molecule has 2 aromatic rings. The predicted octanol–water partition coefficient (Wildman–Crippen LogP) is 2.52. The number of halogens is 1. The van der Waals surface area contributed by atoms with E-state index >= 15 is 0 Å². The second-order valence-electron chi connectivity index (χ2n) is 4.90. The number of hydrogen-bond acceptors (Lipinski definition) is 4. The Morgan fingerprint density at radius 3 is 2.74 bits per heavy atom. The van der Waals surface area contributed by atoms with Crippen LogP contribution in [0.4, 0.5) is 0 Å². The minimum absolute atomic E-state index is 0.110. The Morgan fingerprint density at radius 2 is 2.04 bits per heavy atom. The van der Waals surface area contributed by atoms with Gasteiger partial charge in [0.05, 0.1) is 19.6 Å². The minimum Gasteiger partial charge on any atom is -0.466 e. The van der Waals surface area contributed by atoms with Gasteiger partial charge in [-0.2, -0.15) is 0 Å². The molecule has 0 aromatic heterocycles. The molecule has 0 heterocycles. The van der Waals surface area contributed by atoms with E-state index in [9.17, 15) is 9.90 Å². The molecule has 0 saturated heterocycles. The fourth-order valence-electron chi connectivity index (χ4n) is 2.11. The van der Waals surface area contributed by atoms with Crippen molar-refractivity contribution in [2.24, 2.45) is 0 Å². The molecule has 0 spiro atoms. The maximum Gasteiger partial charge on any atom is 0.310 e. The summed E-state index contributed by atoms with van der Waals surface area (Å²) in [5.41, 5.74) is 1.79. The Labute approximate surface area is 141 Å². The average Bonchev–Trinajstić information content (AvgIpc) is 2.48. The van der Waals surface area contributed by atoms with Gasteiger partial charge in [0.15, 0.2) is 0 Å². The topological polar surface area (TPSA) is 55.8 Å². The van der Waals surface area contributed by atoms with E-state index in [1.54, 1.807) is 43.3 Å². The van der Waals surface area contributed by atoms with Crippen LogP contribution in [0.25, 0.3) is 0 Å². The monoisotopic (exact) mass is 330 g/mol. The summed E-state index contributed by atoms with van der Waals surface area (Å²) >= 11 is 6.07. The molecule has 118 valence electrons. The number of hydrogen-bond donors (Lipinski definition) is 1. The second kappa shape index (κ2) is 8.04. The van der Waals surface area contributed by atoms with Crippen molar-refractivity contribution >= 4 is 30.9 Å². The second-order valence-corrected chi connectivity index (χ2v) is 5.34. The molecule has 0 fully saturated rings. The molecule has 2 aromatic carbocycles. The molecule has 0 unspecified atom stereocenters. The lowest BCUT2D eigenvalue weighted by molar-refractivity contribution is -0.142. The first-order valence-corrected chi connectivity index (χ1v) is 7.51. The molecular weight excluding hydrogens is 314 g/mol. The van der Waals surface area contributed by atoms with Gasteiger partial charge in [-0.25, -0.2) is 0 Å². The molecule has 0 saturated carbocycles. The lowest BCUT2D eigenvalue weighted by atomic mass is 9.94. The molecule has 23 heavy (non-hydrogen) atoms. The summed E-state index contributed by atoms with van der Waals surface area (Å²) in [5.74, 6) is 0.617. The number of benzene rings is 2. The highest BCUT2D eigenvalue weighted by atomic mass is 35.5. The number of aliphatic hydroxyl groups is 1. The zero-order chi connectivity index (χ0) is 16.8. The molecule has 6 heteroatoms. The third-order valence-electron chi connectivity index (χ3n) is 3.07. The van der Waals surface area contributed by atoms with E-state index in [1.165, 1.54) is 0 Å². The van der Waals surface area contributed by atoms with Crippen molar-refractivity contribution in [3.05, 3.63) is 52.5 Å². The van der Waals surface area contributed by atoms with Crippen molar-refractivity contribution in [1.29, 1.82) is 0 Å². The number of esters is 1. The molecule has 0 bridgehead atoms. The average molecular weight is 331 g/mol. The first kappa shape index (κ1) is 17.4. The summed E-state index contributed by atoms with van der Waals surface area (Å²) in [6.45, 7) is 1.88. The third kappa shape index (κ3) is 5.01. The Kier molecular flexibility index (Phi) is 6.08. The summed E-state index contributed by atoms with van der Waals surface area (Å²) in [7, 11) is 5.69. The van der Waals surface area contributed by atoms with Crippen LogP contribution < -0.4 is 10.2 Å². The van der Waals surface area contributed by atoms with Gasteiger partial charge in [0.1, 0.15) is 19.3 Å². The molecule has 2 rings (SSSR count).